The molecule has 1 fully saturated rings. The third-order valence-electron chi connectivity index (χ3n) is 2.85. The maximum Gasteiger partial charge on any atom is 0.247 e. The number of halogens is 2. The number of hydrogen-bond donors (Lipinski definition) is 1. The summed E-state index contributed by atoms with van der Waals surface area (Å²) in [4.78, 5) is -0.279. The first kappa shape index (κ1) is 13.9. The van der Waals surface area contributed by atoms with E-state index >= 15 is 0 Å². The molecule has 0 aliphatic carbocycles. The SMILES string of the molecule is CC1CN(S(=O)(=O)c2c(F)cccc2Br)CCN1. The molecule has 100 valence electrons. The van der Waals surface area contributed by atoms with E-state index in [2.05, 4.69) is 21.2 Å². The van der Waals surface area contributed by atoms with Gasteiger partial charge in [0.2, 0.25) is 10.0 Å². The van der Waals surface area contributed by atoms with Crippen molar-refractivity contribution >= 4 is 26.0 Å². The molecule has 0 spiro atoms. The van der Waals surface area contributed by atoms with Crippen LogP contribution in [0.15, 0.2) is 27.6 Å². The average Bonchev–Trinajstić information content (AvgIpc) is 2.28. The first-order chi connectivity index (χ1) is 8.43. The Morgan fingerprint density at radius 1 is 1.50 bits per heavy atom. The van der Waals surface area contributed by atoms with E-state index in [9.17, 15) is 12.8 Å². The van der Waals surface area contributed by atoms with Gasteiger partial charge in [0, 0.05) is 30.1 Å². The monoisotopic (exact) mass is 336 g/mol. The molecule has 0 radical (unpaired) electrons. The zero-order chi connectivity index (χ0) is 13.3. The molecule has 0 aromatic heterocycles. The Bertz CT molecular complexity index is 530. The smallest absolute Gasteiger partial charge is 0.247 e. The van der Waals surface area contributed by atoms with Crippen molar-refractivity contribution in [2.75, 3.05) is 19.6 Å². The molecule has 1 aliphatic heterocycles. The first-order valence-corrected chi connectivity index (χ1v) is 7.84. The summed E-state index contributed by atoms with van der Waals surface area (Å²) in [6.07, 6.45) is 0. The lowest BCUT2D eigenvalue weighted by atomic mass is 10.3. The molecule has 0 bridgehead atoms. The highest BCUT2D eigenvalue weighted by molar-refractivity contribution is 9.10. The maximum atomic E-state index is 13.7. The highest BCUT2D eigenvalue weighted by Crippen LogP contribution is 2.28. The largest absolute Gasteiger partial charge is 0.312 e. The molecule has 18 heavy (non-hydrogen) atoms. The zero-order valence-corrected chi connectivity index (χ0v) is 12.3. The Morgan fingerprint density at radius 3 is 2.83 bits per heavy atom. The van der Waals surface area contributed by atoms with Crippen molar-refractivity contribution in [3.05, 3.63) is 28.5 Å². The van der Waals surface area contributed by atoms with E-state index in [1.54, 1.807) is 0 Å². The van der Waals surface area contributed by atoms with Crippen molar-refractivity contribution in [1.29, 1.82) is 0 Å². The minimum absolute atomic E-state index is 0.0686. The number of nitrogens with zero attached hydrogens (tertiary/aromatic N) is 1. The summed E-state index contributed by atoms with van der Waals surface area (Å²) in [7, 11) is -3.78. The molecular weight excluding hydrogens is 323 g/mol. The van der Waals surface area contributed by atoms with Crippen LogP contribution in [-0.2, 0) is 10.0 Å². The maximum absolute atomic E-state index is 13.7. The lowest BCUT2D eigenvalue weighted by molar-refractivity contribution is 0.309. The molecule has 1 N–H and O–H groups in total. The number of sulfonamides is 1. The second-order valence-corrected chi connectivity index (χ2v) is 7.00. The summed E-state index contributed by atoms with van der Waals surface area (Å²) in [6.45, 7) is 3.18. The summed E-state index contributed by atoms with van der Waals surface area (Å²) in [5.74, 6) is -0.726. The summed E-state index contributed by atoms with van der Waals surface area (Å²) in [6, 6.07) is 4.23. The van der Waals surface area contributed by atoms with E-state index < -0.39 is 15.8 Å². The van der Waals surface area contributed by atoms with Gasteiger partial charge in [-0.15, -0.1) is 0 Å². The molecule has 0 amide bonds. The quantitative estimate of drug-likeness (QED) is 0.891. The van der Waals surface area contributed by atoms with Gasteiger partial charge in [-0.25, -0.2) is 12.8 Å². The van der Waals surface area contributed by atoms with Crippen molar-refractivity contribution in [2.24, 2.45) is 0 Å². The van der Waals surface area contributed by atoms with E-state index in [-0.39, 0.29) is 15.4 Å². The Balaban J connectivity index is 2.42. The van der Waals surface area contributed by atoms with Gasteiger partial charge < -0.3 is 5.32 Å². The lowest BCUT2D eigenvalue weighted by Crippen LogP contribution is -2.51. The third-order valence-corrected chi connectivity index (χ3v) is 5.71. The van der Waals surface area contributed by atoms with Gasteiger partial charge in [-0.2, -0.15) is 4.31 Å². The van der Waals surface area contributed by atoms with E-state index in [0.29, 0.717) is 19.6 Å². The average molecular weight is 337 g/mol. The fraction of sp³-hybridized carbons (Fsp3) is 0.455. The van der Waals surface area contributed by atoms with Gasteiger partial charge in [0.15, 0.2) is 0 Å². The second-order valence-electron chi connectivity index (χ2n) is 4.27. The van der Waals surface area contributed by atoms with Gasteiger partial charge in [-0.1, -0.05) is 6.07 Å². The molecule has 0 saturated carbocycles. The predicted molar refractivity (Wildman–Crippen MR) is 70.3 cm³/mol. The highest BCUT2D eigenvalue weighted by atomic mass is 79.9. The molecule has 4 nitrogen and oxygen atoms in total. The Hall–Kier alpha value is -0.500. The van der Waals surface area contributed by atoms with Crippen molar-refractivity contribution in [3.8, 4) is 0 Å². The summed E-state index contributed by atoms with van der Waals surface area (Å²) in [5, 5.41) is 3.15. The molecule has 1 atom stereocenters. The topological polar surface area (TPSA) is 49.4 Å². The first-order valence-electron chi connectivity index (χ1n) is 5.60. The van der Waals surface area contributed by atoms with Gasteiger partial charge >= 0.3 is 0 Å². The molecular formula is C11H14BrFN2O2S. The van der Waals surface area contributed by atoms with Crippen LogP contribution in [0.1, 0.15) is 6.92 Å². The Kier molecular flexibility index (Phi) is 4.05. The van der Waals surface area contributed by atoms with Crippen LogP contribution in [0.5, 0.6) is 0 Å². The minimum Gasteiger partial charge on any atom is -0.312 e. The Morgan fingerprint density at radius 2 is 2.22 bits per heavy atom. The van der Waals surface area contributed by atoms with Gasteiger partial charge in [0.05, 0.1) is 0 Å². The fourth-order valence-corrected chi connectivity index (χ4v) is 4.57. The molecule has 2 rings (SSSR count). The predicted octanol–water partition coefficient (Wildman–Crippen LogP) is 1.57. The van der Waals surface area contributed by atoms with Crippen LogP contribution < -0.4 is 5.32 Å². The number of benzene rings is 1. The van der Waals surface area contributed by atoms with Crippen LogP contribution in [0.4, 0.5) is 4.39 Å². The van der Waals surface area contributed by atoms with Crippen molar-refractivity contribution in [2.45, 2.75) is 17.9 Å². The van der Waals surface area contributed by atoms with Crippen LogP contribution in [0.25, 0.3) is 0 Å². The normalized spacial score (nSPS) is 22.1. The summed E-state index contributed by atoms with van der Waals surface area (Å²) >= 11 is 3.10. The fourth-order valence-electron chi connectivity index (χ4n) is 1.97. The molecule has 1 unspecified atom stereocenters. The van der Waals surface area contributed by atoms with E-state index in [1.807, 2.05) is 6.92 Å². The summed E-state index contributed by atoms with van der Waals surface area (Å²) in [5.41, 5.74) is 0. The van der Waals surface area contributed by atoms with Gasteiger partial charge in [0.25, 0.3) is 0 Å². The third kappa shape index (κ3) is 2.59. The van der Waals surface area contributed by atoms with E-state index in [0.717, 1.165) is 6.07 Å². The Labute approximate surface area is 114 Å². The molecule has 7 heteroatoms. The van der Waals surface area contributed by atoms with E-state index in [1.165, 1.54) is 16.4 Å². The molecule has 1 aliphatic rings. The molecule has 1 aromatic rings. The number of rotatable bonds is 2. The van der Waals surface area contributed by atoms with Crippen LogP contribution in [0, 0.1) is 5.82 Å². The number of piperazine rings is 1. The standard InChI is InChI=1S/C11H14BrFN2O2S/c1-8-7-15(6-5-14-8)18(16,17)11-9(12)3-2-4-10(11)13/h2-4,8,14H,5-7H2,1H3. The van der Waals surface area contributed by atoms with Crippen LogP contribution in [-0.4, -0.2) is 38.4 Å². The zero-order valence-electron chi connectivity index (χ0n) is 9.86. The van der Waals surface area contributed by atoms with Crippen molar-refractivity contribution in [1.82, 2.24) is 9.62 Å². The van der Waals surface area contributed by atoms with Crippen molar-refractivity contribution < 1.29 is 12.8 Å². The number of hydrogen-bond acceptors (Lipinski definition) is 3. The second kappa shape index (κ2) is 5.24. The lowest BCUT2D eigenvalue weighted by Gasteiger charge is -2.31. The summed E-state index contributed by atoms with van der Waals surface area (Å²) < 4.78 is 40.1. The number of nitrogens with one attached hydrogen (secondary N) is 1. The van der Waals surface area contributed by atoms with Gasteiger partial charge in [-0.05, 0) is 35.0 Å². The molecule has 1 heterocycles. The minimum atomic E-state index is -3.78. The molecule has 1 aromatic carbocycles. The van der Waals surface area contributed by atoms with Crippen LogP contribution in [0.2, 0.25) is 0 Å². The van der Waals surface area contributed by atoms with Gasteiger partial charge in [0.1, 0.15) is 10.7 Å². The van der Waals surface area contributed by atoms with E-state index in [4.69, 9.17) is 0 Å². The van der Waals surface area contributed by atoms with Gasteiger partial charge in [-0.3, -0.25) is 0 Å². The molecule has 1 saturated heterocycles. The van der Waals surface area contributed by atoms with Crippen LogP contribution >= 0.6 is 15.9 Å². The highest BCUT2D eigenvalue weighted by Gasteiger charge is 2.32. The van der Waals surface area contributed by atoms with Crippen LogP contribution in [0.3, 0.4) is 0 Å². The van der Waals surface area contributed by atoms with Crippen molar-refractivity contribution in [3.63, 3.8) is 0 Å².